The number of urea groups is 1. The van der Waals surface area contributed by atoms with Crippen LogP contribution >= 0.6 is 0 Å². The molecule has 3 aromatic rings. The van der Waals surface area contributed by atoms with E-state index in [-0.39, 0.29) is 11.0 Å². The van der Waals surface area contributed by atoms with Crippen molar-refractivity contribution in [2.45, 2.75) is 45.1 Å². The first-order valence-corrected chi connectivity index (χ1v) is 11.0. The van der Waals surface area contributed by atoms with Crippen LogP contribution in [0.3, 0.4) is 0 Å². The molecule has 6 heteroatoms. The summed E-state index contributed by atoms with van der Waals surface area (Å²) < 4.78 is 0. The number of primary amides is 1. The van der Waals surface area contributed by atoms with Crippen molar-refractivity contribution in [3.05, 3.63) is 59.9 Å². The van der Waals surface area contributed by atoms with Gasteiger partial charge in [-0.15, -0.1) is 0 Å². The van der Waals surface area contributed by atoms with Gasteiger partial charge in [0.15, 0.2) is 0 Å². The lowest BCUT2D eigenvalue weighted by molar-refractivity contribution is 0.0459. The van der Waals surface area contributed by atoms with Crippen molar-refractivity contribution in [1.82, 2.24) is 14.9 Å². The van der Waals surface area contributed by atoms with Crippen LogP contribution in [0.5, 0.6) is 0 Å². The largest absolute Gasteiger partial charge is 0.351 e. The molecular formula is C25H33N5O. The van der Waals surface area contributed by atoms with Crippen molar-refractivity contribution >= 4 is 22.8 Å². The number of fused-ring (bicyclic) bond motifs is 1. The number of pyridine rings is 1. The maximum atomic E-state index is 12.4. The molecule has 1 aliphatic carbocycles. The number of carbonyl (C=O) groups excluding carboxylic acids is 1. The van der Waals surface area contributed by atoms with Gasteiger partial charge in [-0.2, -0.15) is 0 Å². The molecule has 0 atom stereocenters. The number of anilines is 1. The highest BCUT2D eigenvalue weighted by molar-refractivity contribution is 5.93. The number of hydrogen-bond donors (Lipinski definition) is 2. The van der Waals surface area contributed by atoms with E-state index >= 15 is 0 Å². The first-order valence-electron chi connectivity index (χ1n) is 11.0. The molecule has 0 saturated heterocycles. The number of rotatable bonds is 5. The van der Waals surface area contributed by atoms with Crippen molar-refractivity contribution in [1.29, 1.82) is 0 Å². The van der Waals surface area contributed by atoms with Crippen LogP contribution in [0.2, 0.25) is 0 Å². The van der Waals surface area contributed by atoms with E-state index < -0.39 is 6.03 Å². The maximum absolute atomic E-state index is 12.4. The normalized spacial score (nSPS) is 23.9. The van der Waals surface area contributed by atoms with E-state index in [0.29, 0.717) is 6.54 Å². The number of carbonyl (C=O) groups is 1. The fraction of sp³-hybridized carbons (Fsp3) is 0.440. The Kier molecular flexibility index (Phi) is 5.52. The molecule has 0 spiro atoms. The van der Waals surface area contributed by atoms with E-state index in [9.17, 15) is 4.79 Å². The van der Waals surface area contributed by atoms with Crippen LogP contribution < -0.4 is 10.6 Å². The molecule has 2 heterocycles. The molecule has 6 nitrogen and oxygen atoms in total. The minimum absolute atomic E-state index is 0.00846. The van der Waals surface area contributed by atoms with Gasteiger partial charge >= 0.3 is 6.03 Å². The fourth-order valence-electron chi connectivity index (χ4n) is 5.12. The first-order chi connectivity index (χ1) is 14.7. The van der Waals surface area contributed by atoms with Gasteiger partial charge in [-0.05, 0) is 69.3 Å². The zero-order valence-corrected chi connectivity index (χ0v) is 19.0. The Hall–Kier alpha value is -2.86. The molecule has 2 aromatic heterocycles. The Bertz CT molecular complexity index is 1060. The molecule has 0 unspecified atom stereocenters. The number of nitrogens with one attached hydrogen (secondary N) is 1. The zero-order chi connectivity index (χ0) is 22.2. The van der Waals surface area contributed by atoms with Crippen LogP contribution in [0.25, 0.3) is 11.0 Å². The zero-order valence-electron chi connectivity index (χ0n) is 19.0. The summed E-state index contributed by atoms with van der Waals surface area (Å²) >= 11 is 0. The number of aromatic amines is 1. The lowest BCUT2D eigenvalue weighted by Crippen LogP contribution is -2.50. The predicted molar refractivity (Wildman–Crippen MR) is 126 cm³/mol. The standard InChI is InChI=1S/C25H33N5O/c1-18-15-27-22-21(18)14-20(16-28-22)30(23(26)31)17-24(2)10-12-25(13-11-24,29(3)4)19-8-6-5-7-9-19/h5-9,14-16H,10-13,17H2,1-4H3,(H2,26,31)(H,27,28). The molecule has 4 rings (SSSR count). The Labute approximate surface area is 184 Å². The summed E-state index contributed by atoms with van der Waals surface area (Å²) in [6.07, 6.45) is 7.79. The number of amides is 2. The number of hydrogen-bond acceptors (Lipinski definition) is 3. The molecule has 2 amide bonds. The van der Waals surface area contributed by atoms with Gasteiger partial charge in [-0.1, -0.05) is 37.3 Å². The number of H-pyrrole nitrogens is 1. The van der Waals surface area contributed by atoms with E-state index in [1.54, 1.807) is 11.1 Å². The van der Waals surface area contributed by atoms with Crippen molar-refractivity contribution in [2.24, 2.45) is 11.1 Å². The highest BCUT2D eigenvalue weighted by atomic mass is 16.2. The summed E-state index contributed by atoms with van der Waals surface area (Å²) in [7, 11) is 4.34. The lowest BCUT2D eigenvalue weighted by atomic mass is 9.65. The Morgan fingerprint density at radius 2 is 1.84 bits per heavy atom. The van der Waals surface area contributed by atoms with Gasteiger partial charge in [0.05, 0.1) is 11.9 Å². The van der Waals surface area contributed by atoms with E-state index in [4.69, 9.17) is 5.73 Å². The van der Waals surface area contributed by atoms with Gasteiger partial charge in [0.2, 0.25) is 0 Å². The number of aryl methyl sites for hydroxylation is 1. The molecule has 3 N–H and O–H groups in total. The second kappa shape index (κ2) is 8.00. The Morgan fingerprint density at radius 3 is 2.45 bits per heavy atom. The minimum Gasteiger partial charge on any atom is -0.351 e. The highest BCUT2D eigenvalue weighted by Crippen LogP contribution is 2.48. The van der Waals surface area contributed by atoms with E-state index in [0.717, 1.165) is 48.0 Å². The van der Waals surface area contributed by atoms with Crippen molar-refractivity contribution in [3.8, 4) is 0 Å². The average Bonchev–Trinajstić information content (AvgIpc) is 3.13. The van der Waals surface area contributed by atoms with Gasteiger partial charge in [0.25, 0.3) is 0 Å². The lowest BCUT2D eigenvalue weighted by Gasteiger charge is -2.50. The molecule has 31 heavy (non-hydrogen) atoms. The number of benzene rings is 1. The highest BCUT2D eigenvalue weighted by Gasteiger charge is 2.44. The van der Waals surface area contributed by atoms with Crippen LogP contribution in [0.1, 0.15) is 43.7 Å². The summed E-state index contributed by atoms with van der Waals surface area (Å²) in [5.41, 5.74) is 9.92. The topological polar surface area (TPSA) is 78.2 Å². The van der Waals surface area contributed by atoms with Gasteiger partial charge in [-0.3, -0.25) is 9.80 Å². The summed E-state index contributed by atoms with van der Waals surface area (Å²) in [6.45, 7) is 4.91. The molecule has 1 fully saturated rings. The number of aromatic nitrogens is 2. The summed E-state index contributed by atoms with van der Waals surface area (Å²) in [4.78, 5) is 24.1. The molecule has 1 aromatic carbocycles. The monoisotopic (exact) mass is 419 g/mol. The third kappa shape index (κ3) is 3.92. The average molecular weight is 420 g/mol. The number of nitrogens with zero attached hydrogens (tertiary/aromatic N) is 3. The first kappa shape index (κ1) is 21.4. The van der Waals surface area contributed by atoms with Gasteiger partial charge in [0.1, 0.15) is 5.65 Å². The van der Waals surface area contributed by atoms with Crippen molar-refractivity contribution < 1.29 is 4.79 Å². The van der Waals surface area contributed by atoms with Crippen LogP contribution in [-0.4, -0.2) is 41.5 Å². The fourth-order valence-corrected chi connectivity index (χ4v) is 5.12. The van der Waals surface area contributed by atoms with E-state index in [2.05, 4.69) is 66.2 Å². The molecular weight excluding hydrogens is 386 g/mol. The van der Waals surface area contributed by atoms with Gasteiger partial charge in [0, 0.05) is 23.7 Å². The SMILES string of the molecule is Cc1c[nH]c2ncc(N(CC3(C)CCC(c4ccccc4)(N(C)C)CC3)C(N)=O)cc12. The Morgan fingerprint density at radius 1 is 1.16 bits per heavy atom. The van der Waals surface area contributed by atoms with Crippen LogP contribution in [0.4, 0.5) is 10.5 Å². The van der Waals surface area contributed by atoms with Gasteiger partial charge < -0.3 is 10.7 Å². The van der Waals surface area contributed by atoms with Crippen LogP contribution in [0, 0.1) is 12.3 Å². The third-order valence-electron chi connectivity index (χ3n) is 7.29. The quantitative estimate of drug-likeness (QED) is 0.624. The van der Waals surface area contributed by atoms with E-state index in [1.165, 1.54) is 5.56 Å². The summed E-state index contributed by atoms with van der Waals surface area (Å²) in [6, 6.07) is 12.4. The molecule has 0 radical (unpaired) electrons. The maximum Gasteiger partial charge on any atom is 0.319 e. The third-order valence-corrected chi connectivity index (χ3v) is 7.29. The minimum atomic E-state index is -0.428. The summed E-state index contributed by atoms with van der Waals surface area (Å²) in [5, 5.41) is 1.02. The van der Waals surface area contributed by atoms with Gasteiger partial charge in [-0.25, -0.2) is 9.78 Å². The molecule has 164 valence electrons. The van der Waals surface area contributed by atoms with Crippen molar-refractivity contribution in [3.63, 3.8) is 0 Å². The summed E-state index contributed by atoms with van der Waals surface area (Å²) in [5.74, 6) is 0. The van der Waals surface area contributed by atoms with Crippen LogP contribution in [0.15, 0.2) is 48.8 Å². The molecule has 0 aliphatic heterocycles. The molecule has 0 bridgehead atoms. The smallest absolute Gasteiger partial charge is 0.319 e. The number of nitrogens with two attached hydrogens (primary N) is 1. The second-order valence-electron chi connectivity index (χ2n) is 9.59. The van der Waals surface area contributed by atoms with Crippen LogP contribution in [-0.2, 0) is 5.54 Å². The predicted octanol–water partition coefficient (Wildman–Crippen LogP) is 4.79. The van der Waals surface area contributed by atoms with Crippen molar-refractivity contribution in [2.75, 3.05) is 25.5 Å². The Balaban J connectivity index is 1.57. The van der Waals surface area contributed by atoms with E-state index in [1.807, 2.05) is 19.2 Å². The second-order valence-corrected chi connectivity index (χ2v) is 9.59. The molecule has 1 saturated carbocycles. The molecule has 1 aliphatic rings.